The van der Waals surface area contributed by atoms with E-state index in [1.807, 2.05) is 0 Å². The SMILES string of the molecule is Cc1nc(N2CCN(CCNC(=O)C3CCC3)CC2)sc1C. The van der Waals surface area contributed by atoms with Gasteiger partial charge in [0.2, 0.25) is 5.91 Å². The van der Waals surface area contributed by atoms with Crippen LogP contribution in [0.1, 0.15) is 29.8 Å². The smallest absolute Gasteiger partial charge is 0.223 e. The zero-order valence-electron chi connectivity index (χ0n) is 13.6. The molecular weight excluding hydrogens is 296 g/mol. The van der Waals surface area contributed by atoms with Crippen LogP contribution in [0.3, 0.4) is 0 Å². The average Bonchev–Trinajstić information content (AvgIpc) is 2.77. The molecule has 0 spiro atoms. The number of anilines is 1. The number of rotatable bonds is 5. The van der Waals surface area contributed by atoms with Crippen molar-refractivity contribution in [3.63, 3.8) is 0 Å². The van der Waals surface area contributed by atoms with Crippen molar-refractivity contribution in [2.75, 3.05) is 44.2 Å². The second-order valence-electron chi connectivity index (χ2n) is 6.39. The Balaban J connectivity index is 1.37. The zero-order valence-corrected chi connectivity index (χ0v) is 14.4. The van der Waals surface area contributed by atoms with Gasteiger partial charge in [0, 0.05) is 50.1 Å². The normalized spacial score (nSPS) is 20.0. The molecule has 0 aromatic carbocycles. The van der Waals surface area contributed by atoms with Crippen molar-refractivity contribution in [1.29, 1.82) is 0 Å². The molecule has 1 saturated heterocycles. The van der Waals surface area contributed by atoms with Gasteiger partial charge < -0.3 is 10.2 Å². The van der Waals surface area contributed by atoms with Crippen LogP contribution in [0, 0.1) is 19.8 Å². The first-order valence-corrected chi connectivity index (χ1v) is 9.14. The van der Waals surface area contributed by atoms with E-state index in [2.05, 4.69) is 33.9 Å². The molecule has 5 nitrogen and oxygen atoms in total. The molecule has 2 fully saturated rings. The van der Waals surface area contributed by atoms with Crippen LogP contribution in [-0.4, -0.2) is 55.1 Å². The van der Waals surface area contributed by atoms with E-state index in [0.717, 1.165) is 62.9 Å². The minimum absolute atomic E-state index is 0.263. The number of aryl methyl sites for hydroxylation is 2. The monoisotopic (exact) mass is 322 g/mol. The van der Waals surface area contributed by atoms with Crippen LogP contribution in [0.15, 0.2) is 0 Å². The molecule has 1 aromatic heterocycles. The van der Waals surface area contributed by atoms with E-state index in [4.69, 9.17) is 0 Å². The van der Waals surface area contributed by atoms with Crippen LogP contribution in [0.2, 0.25) is 0 Å². The minimum Gasteiger partial charge on any atom is -0.355 e. The summed E-state index contributed by atoms with van der Waals surface area (Å²) in [6.45, 7) is 10.1. The Kier molecular flexibility index (Phi) is 4.98. The summed E-state index contributed by atoms with van der Waals surface area (Å²) in [6.07, 6.45) is 3.38. The number of aromatic nitrogens is 1. The van der Waals surface area contributed by atoms with Crippen molar-refractivity contribution >= 4 is 22.4 Å². The van der Waals surface area contributed by atoms with Crippen molar-refractivity contribution in [3.05, 3.63) is 10.6 Å². The lowest BCUT2D eigenvalue weighted by atomic mass is 9.85. The topological polar surface area (TPSA) is 48.5 Å². The zero-order chi connectivity index (χ0) is 15.5. The number of carbonyl (C=O) groups excluding carboxylic acids is 1. The van der Waals surface area contributed by atoms with Crippen LogP contribution in [0.5, 0.6) is 0 Å². The third-order valence-electron chi connectivity index (χ3n) is 4.86. The maximum Gasteiger partial charge on any atom is 0.223 e. The van der Waals surface area contributed by atoms with Crippen LogP contribution in [0.4, 0.5) is 5.13 Å². The Morgan fingerprint density at radius 3 is 2.55 bits per heavy atom. The number of thiazole rings is 1. The molecule has 6 heteroatoms. The summed E-state index contributed by atoms with van der Waals surface area (Å²) in [7, 11) is 0. The summed E-state index contributed by atoms with van der Waals surface area (Å²) >= 11 is 1.80. The summed E-state index contributed by atoms with van der Waals surface area (Å²) in [6, 6.07) is 0. The summed E-state index contributed by atoms with van der Waals surface area (Å²) < 4.78 is 0. The molecule has 1 aromatic rings. The highest BCUT2D eigenvalue weighted by atomic mass is 32.1. The van der Waals surface area contributed by atoms with Gasteiger partial charge in [-0.2, -0.15) is 0 Å². The second kappa shape index (κ2) is 6.96. The van der Waals surface area contributed by atoms with Gasteiger partial charge in [0.05, 0.1) is 5.69 Å². The second-order valence-corrected chi connectivity index (χ2v) is 7.57. The fraction of sp³-hybridized carbons (Fsp3) is 0.750. The van der Waals surface area contributed by atoms with Crippen molar-refractivity contribution in [1.82, 2.24) is 15.2 Å². The molecule has 0 radical (unpaired) electrons. The predicted octanol–water partition coefficient (Wildman–Crippen LogP) is 1.80. The highest BCUT2D eigenvalue weighted by molar-refractivity contribution is 7.15. The van der Waals surface area contributed by atoms with Crippen LogP contribution in [-0.2, 0) is 4.79 Å². The molecule has 0 unspecified atom stereocenters. The fourth-order valence-electron chi connectivity index (χ4n) is 2.91. The van der Waals surface area contributed by atoms with Gasteiger partial charge >= 0.3 is 0 Å². The van der Waals surface area contributed by atoms with Gasteiger partial charge in [-0.25, -0.2) is 4.98 Å². The standard InChI is InChI=1S/C16H26N4OS/c1-12-13(2)22-16(18-12)20-10-8-19(9-11-20)7-6-17-15(21)14-4-3-5-14/h14H,3-11H2,1-2H3,(H,17,21). The van der Waals surface area contributed by atoms with Gasteiger partial charge in [0.15, 0.2) is 5.13 Å². The summed E-state index contributed by atoms with van der Waals surface area (Å²) in [4.78, 5) is 22.6. The first kappa shape index (κ1) is 15.7. The van der Waals surface area contributed by atoms with Gasteiger partial charge in [-0.05, 0) is 26.7 Å². The number of amides is 1. The summed E-state index contributed by atoms with van der Waals surface area (Å²) in [5.41, 5.74) is 1.15. The predicted molar refractivity (Wildman–Crippen MR) is 90.6 cm³/mol. The Bertz CT molecular complexity index is 499. The molecule has 0 atom stereocenters. The van der Waals surface area contributed by atoms with Crippen molar-refractivity contribution in [3.8, 4) is 0 Å². The number of nitrogens with one attached hydrogen (secondary N) is 1. The third kappa shape index (κ3) is 3.60. The van der Waals surface area contributed by atoms with Gasteiger partial charge in [-0.1, -0.05) is 6.42 Å². The number of hydrogen-bond donors (Lipinski definition) is 1. The van der Waals surface area contributed by atoms with E-state index < -0.39 is 0 Å². The minimum atomic E-state index is 0.263. The number of nitrogens with zero attached hydrogens (tertiary/aromatic N) is 3. The number of hydrogen-bond acceptors (Lipinski definition) is 5. The molecule has 1 N–H and O–H groups in total. The molecular formula is C16H26N4OS. The largest absolute Gasteiger partial charge is 0.355 e. The van der Waals surface area contributed by atoms with E-state index in [9.17, 15) is 4.79 Å². The third-order valence-corrected chi connectivity index (χ3v) is 6.00. The first-order valence-electron chi connectivity index (χ1n) is 8.32. The lowest BCUT2D eigenvalue weighted by Gasteiger charge is -2.34. The van der Waals surface area contributed by atoms with E-state index in [0.29, 0.717) is 5.92 Å². The Labute approximate surface area is 136 Å². The van der Waals surface area contributed by atoms with Crippen molar-refractivity contribution in [2.45, 2.75) is 33.1 Å². The van der Waals surface area contributed by atoms with Gasteiger partial charge in [-0.3, -0.25) is 9.69 Å². The maximum absolute atomic E-state index is 11.8. The van der Waals surface area contributed by atoms with Gasteiger partial charge in [0.1, 0.15) is 0 Å². The van der Waals surface area contributed by atoms with Crippen molar-refractivity contribution < 1.29 is 4.79 Å². The average molecular weight is 322 g/mol. The number of piperazine rings is 1. The molecule has 1 saturated carbocycles. The summed E-state index contributed by atoms with van der Waals surface area (Å²) in [5.74, 6) is 0.562. The van der Waals surface area contributed by atoms with Crippen LogP contribution < -0.4 is 10.2 Å². The van der Waals surface area contributed by atoms with Crippen LogP contribution in [0.25, 0.3) is 0 Å². The molecule has 1 aliphatic heterocycles. The molecule has 1 amide bonds. The van der Waals surface area contributed by atoms with E-state index in [1.54, 1.807) is 11.3 Å². The Morgan fingerprint density at radius 2 is 2.00 bits per heavy atom. The molecule has 0 bridgehead atoms. The quantitative estimate of drug-likeness (QED) is 0.898. The molecule has 2 aliphatic rings. The van der Waals surface area contributed by atoms with E-state index >= 15 is 0 Å². The first-order chi connectivity index (χ1) is 10.6. The molecule has 2 heterocycles. The lowest BCUT2D eigenvalue weighted by molar-refractivity contribution is -0.127. The highest BCUT2D eigenvalue weighted by Gasteiger charge is 2.25. The molecule has 3 rings (SSSR count). The van der Waals surface area contributed by atoms with Crippen molar-refractivity contribution in [2.24, 2.45) is 5.92 Å². The highest BCUT2D eigenvalue weighted by Crippen LogP contribution is 2.26. The van der Waals surface area contributed by atoms with E-state index in [-0.39, 0.29) is 5.91 Å². The Hall–Kier alpha value is -1.14. The number of carbonyl (C=O) groups is 1. The molecule has 22 heavy (non-hydrogen) atoms. The lowest BCUT2D eigenvalue weighted by Crippen LogP contribution is -2.49. The molecule has 122 valence electrons. The van der Waals surface area contributed by atoms with Gasteiger partial charge in [0.25, 0.3) is 0 Å². The van der Waals surface area contributed by atoms with Gasteiger partial charge in [-0.15, -0.1) is 11.3 Å². The fourth-order valence-corrected chi connectivity index (χ4v) is 3.87. The molecule has 1 aliphatic carbocycles. The van der Waals surface area contributed by atoms with E-state index in [1.165, 1.54) is 11.3 Å². The maximum atomic E-state index is 11.8. The van der Waals surface area contributed by atoms with Crippen LogP contribution >= 0.6 is 11.3 Å². The summed E-state index contributed by atoms with van der Waals surface area (Å²) in [5, 5.41) is 4.24. The Morgan fingerprint density at radius 1 is 1.27 bits per heavy atom.